The van der Waals surface area contributed by atoms with Crippen molar-refractivity contribution in [3.8, 4) is 5.75 Å². The number of ether oxygens (including phenoxy) is 1. The van der Waals surface area contributed by atoms with E-state index in [4.69, 9.17) is 4.74 Å². The molecule has 2 aromatic carbocycles. The van der Waals surface area contributed by atoms with Gasteiger partial charge in [0.05, 0.1) is 31.2 Å². The fourth-order valence-electron chi connectivity index (χ4n) is 3.83. The van der Waals surface area contributed by atoms with E-state index in [9.17, 15) is 0 Å². The van der Waals surface area contributed by atoms with Crippen LogP contribution in [0.2, 0.25) is 0 Å². The maximum Gasteiger partial charge on any atom is 0.119 e. The summed E-state index contributed by atoms with van der Waals surface area (Å²) in [6.07, 6.45) is 6.49. The first-order valence-electron chi connectivity index (χ1n) is 10.4. The average molecular weight is 408 g/mol. The lowest BCUT2D eigenvalue weighted by Crippen LogP contribution is -2.24. The number of methoxy groups -OCH3 is 1. The van der Waals surface area contributed by atoms with E-state index in [0.717, 1.165) is 37.5 Å². The lowest BCUT2D eigenvalue weighted by Gasteiger charge is -2.23. The first-order valence-corrected chi connectivity index (χ1v) is 11.3. The highest BCUT2D eigenvalue weighted by atomic mass is 32.2. The molecule has 0 aliphatic carbocycles. The van der Waals surface area contributed by atoms with Gasteiger partial charge in [0.25, 0.3) is 0 Å². The minimum atomic E-state index is 0.415. The van der Waals surface area contributed by atoms with Crippen LogP contribution in [0.4, 0.5) is 5.69 Å². The molecule has 1 unspecified atom stereocenters. The van der Waals surface area contributed by atoms with E-state index in [1.54, 1.807) is 7.11 Å². The molecule has 1 aliphatic rings. The van der Waals surface area contributed by atoms with Crippen molar-refractivity contribution in [3.63, 3.8) is 0 Å². The Balaban J connectivity index is 1.55. The summed E-state index contributed by atoms with van der Waals surface area (Å²) >= 11 is 1.96. The molecule has 0 spiro atoms. The highest BCUT2D eigenvalue weighted by molar-refractivity contribution is 7.99. The Bertz CT molecular complexity index is 939. The molecule has 1 atom stereocenters. The number of fused-ring (bicyclic) bond motifs is 1. The topological polar surface area (TPSA) is 41.2 Å². The van der Waals surface area contributed by atoms with Gasteiger partial charge in [-0.25, -0.2) is 4.98 Å². The summed E-state index contributed by atoms with van der Waals surface area (Å²) in [5, 5.41) is 0.415. The Hall–Kier alpha value is -2.40. The molecule has 0 saturated heterocycles. The van der Waals surface area contributed by atoms with E-state index in [1.165, 1.54) is 34.7 Å². The van der Waals surface area contributed by atoms with Gasteiger partial charge in [0.2, 0.25) is 0 Å². The molecule has 0 saturated carbocycles. The number of nitrogens with one attached hydrogen (secondary N) is 1. The van der Waals surface area contributed by atoms with Crippen LogP contribution in [0.3, 0.4) is 0 Å². The number of H-pyrrole nitrogens is 1. The van der Waals surface area contributed by atoms with Crippen LogP contribution in [-0.2, 0) is 13.0 Å². The van der Waals surface area contributed by atoms with E-state index in [1.807, 2.05) is 24.0 Å². The molecule has 29 heavy (non-hydrogen) atoms. The Morgan fingerprint density at radius 2 is 2.10 bits per heavy atom. The standard InChI is InChI=1S/C24H29N3OS/c1-3-4-12-24-25-16-19(26-24)17-27-14-13-22(18-8-7-9-20(15-18)28-2)29-23-11-6-5-10-21(23)27/h5-11,15-16,22H,3-4,12-14,17H2,1-2H3,(H,25,26). The monoisotopic (exact) mass is 407 g/mol. The molecule has 0 bridgehead atoms. The first-order chi connectivity index (χ1) is 14.3. The number of nitrogens with zero attached hydrogens (tertiary/aromatic N) is 2. The molecule has 0 radical (unpaired) electrons. The average Bonchev–Trinajstić information content (AvgIpc) is 3.13. The van der Waals surface area contributed by atoms with Gasteiger partial charge in [0.1, 0.15) is 11.6 Å². The highest BCUT2D eigenvalue weighted by Crippen LogP contribution is 2.45. The van der Waals surface area contributed by atoms with Crippen LogP contribution >= 0.6 is 11.8 Å². The van der Waals surface area contributed by atoms with Crippen LogP contribution in [0, 0.1) is 0 Å². The summed E-state index contributed by atoms with van der Waals surface area (Å²) in [5.41, 5.74) is 3.83. The quantitative estimate of drug-likeness (QED) is 0.521. The number of imidazole rings is 1. The number of rotatable bonds is 7. The number of thioether (sulfide) groups is 1. The molecule has 1 N–H and O–H groups in total. The number of benzene rings is 2. The van der Waals surface area contributed by atoms with Gasteiger partial charge >= 0.3 is 0 Å². The lowest BCUT2D eigenvalue weighted by atomic mass is 10.1. The summed E-state index contributed by atoms with van der Waals surface area (Å²) in [4.78, 5) is 11.9. The minimum absolute atomic E-state index is 0.415. The van der Waals surface area contributed by atoms with Crippen molar-refractivity contribution < 1.29 is 4.74 Å². The second-order valence-corrected chi connectivity index (χ2v) is 8.76. The van der Waals surface area contributed by atoms with Crippen LogP contribution in [-0.4, -0.2) is 23.6 Å². The number of unbranched alkanes of at least 4 members (excludes halogenated alkanes) is 1. The fourth-order valence-corrected chi connectivity index (χ4v) is 5.11. The summed E-state index contributed by atoms with van der Waals surface area (Å²) in [5.74, 6) is 2.03. The van der Waals surface area contributed by atoms with E-state index in [-0.39, 0.29) is 0 Å². The van der Waals surface area contributed by atoms with Crippen molar-refractivity contribution in [2.75, 3.05) is 18.6 Å². The molecule has 4 rings (SSSR count). The molecule has 152 valence electrons. The van der Waals surface area contributed by atoms with Gasteiger partial charge < -0.3 is 14.6 Å². The predicted molar refractivity (Wildman–Crippen MR) is 121 cm³/mol. The summed E-state index contributed by atoms with van der Waals surface area (Å²) < 4.78 is 5.45. The number of anilines is 1. The van der Waals surface area contributed by atoms with Crippen molar-refractivity contribution in [2.45, 2.75) is 49.3 Å². The molecule has 0 fully saturated rings. The Morgan fingerprint density at radius 1 is 1.21 bits per heavy atom. The van der Waals surface area contributed by atoms with Gasteiger partial charge in [0.15, 0.2) is 0 Å². The van der Waals surface area contributed by atoms with Crippen LogP contribution in [0.25, 0.3) is 0 Å². The van der Waals surface area contributed by atoms with Crippen molar-refractivity contribution in [3.05, 3.63) is 71.8 Å². The van der Waals surface area contributed by atoms with Gasteiger partial charge in [-0.1, -0.05) is 37.6 Å². The smallest absolute Gasteiger partial charge is 0.119 e. The van der Waals surface area contributed by atoms with Gasteiger partial charge in [0, 0.05) is 23.1 Å². The maximum absolute atomic E-state index is 5.45. The highest BCUT2D eigenvalue weighted by Gasteiger charge is 2.24. The van der Waals surface area contributed by atoms with E-state index in [2.05, 4.69) is 64.3 Å². The van der Waals surface area contributed by atoms with Crippen molar-refractivity contribution in [1.29, 1.82) is 0 Å². The summed E-state index contributed by atoms with van der Waals surface area (Å²) in [6, 6.07) is 17.2. The summed E-state index contributed by atoms with van der Waals surface area (Å²) in [6.45, 7) is 4.09. The molecule has 4 nitrogen and oxygen atoms in total. The number of hydrogen-bond donors (Lipinski definition) is 1. The second-order valence-electron chi connectivity index (χ2n) is 7.52. The number of para-hydroxylation sites is 1. The normalized spacial score (nSPS) is 16.3. The molecule has 3 aromatic rings. The zero-order valence-electron chi connectivity index (χ0n) is 17.2. The number of aromatic nitrogens is 2. The molecular formula is C24H29N3OS. The Kier molecular flexibility index (Phi) is 6.45. The SMILES string of the molecule is CCCCc1ncc(CN2CCC(c3cccc(OC)c3)Sc3ccccc32)[nH]1. The first kappa shape index (κ1) is 19.9. The van der Waals surface area contributed by atoms with Gasteiger partial charge in [-0.3, -0.25) is 0 Å². The number of hydrogen-bond acceptors (Lipinski definition) is 4. The fraction of sp³-hybridized carbons (Fsp3) is 0.375. The van der Waals surface area contributed by atoms with Crippen molar-refractivity contribution in [2.24, 2.45) is 0 Å². The van der Waals surface area contributed by atoms with Crippen molar-refractivity contribution >= 4 is 17.4 Å². The van der Waals surface area contributed by atoms with E-state index in [0.29, 0.717) is 5.25 Å². The van der Waals surface area contributed by atoms with Crippen LogP contribution in [0.5, 0.6) is 5.75 Å². The van der Waals surface area contributed by atoms with Gasteiger partial charge in [-0.15, -0.1) is 11.8 Å². The third kappa shape index (κ3) is 4.78. The number of aryl methyl sites for hydroxylation is 1. The maximum atomic E-state index is 5.45. The van der Waals surface area contributed by atoms with E-state index < -0.39 is 0 Å². The zero-order valence-corrected chi connectivity index (χ0v) is 18.0. The lowest BCUT2D eigenvalue weighted by molar-refractivity contribution is 0.414. The molecule has 2 heterocycles. The second kappa shape index (κ2) is 9.40. The third-order valence-electron chi connectivity index (χ3n) is 5.41. The van der Waals surface area contributed by atoms with Gasteiger partial charge in [-0.05, 0) is 42.7 Å². The van der Waals surface area contributed by atoms with Crippen molar-refractivity contribution in [1.82, 2.24) is 9.97 Å². The minimum Gasteiger partial charge on any atom is -0.497 e. The zero-order chi connectivity index (χ0) is 20.1. The number of aromatic amines is 1. The van der Waals surface area contributed by atoms with Crippen LogP contribution in [0.15, 0.2) is 59.6 Å². The predicted octanol–water partition coefficient (Wildman–Crippen LogP) is 6.00. The largest absolute Gasteiger partial charge is 0.497 e. The van der Waals surface area contributed by atoms with Crippen LogP contribution < -0.4 is 9.64 Å². The molecular weight excluding hydrogens is 378 g/mol. The Labute approximate surface area is 177 Å². The molecule has 5 heteroatoms. The summed E-state index contributed by atoms with van der Waals surface area (Å²) in [7, 11) is 1.73. The molecule has 0 amide bonds. The molecule has 1 aromatic heterocycles. The van der Waals surface area contributed by atoms with Gasteiger partial charge in [-0.2, -0.15) is 0 Å². The van der Waals surface area contributed by atoms with E-state index >= 15 is 0 Å². The van der Waals surface area contributed by atoms with Crippen LogP contribution in [0.1, 0.15) is 48.5 Å². The third-order valence-corrected chi connectivity index (χ3v) is 6.80. The molecule has 1 aliphatic heterocycles. The Morgan fingerprint density at radius 3 is 2.97 bits per heavy atom.